The number of halogens is 5. The minimum Gasteiger partial charge on any atom is -0.354 e. The third-order valence-electron chi connectivity index (χ3n) is 6.14. The summed E-state index contributed by atoms with van der Waals surface area (Å²) in [5.74, 6) is -1.25. The first kappa shape index (κ1) is 32.4. The monoisotopic (exact) mass is 673 g/mol. The number of sulfonamides is 1. The van der Waals surface area contributed by atoms with Crippen LogP contribution < -0.4 is 9.62 Å². The number of amides is 2. The molecule has 0 heterocycles. The first-order chi connectivity index (χ1) is 19.3. The third kappa shape index (κ3) is 8.23. The minimum absolute atomic E-state index is 0.0551. The highest BCUT2D eigenvalue weighted by Crippen LogP contribution is 2.38. The van der Waals surface area contributed by atoms with Gasteiger partial charge >= 0.3 is 6.18 Å². The van der Waals surface area contributed by atoms with Crippen molar-refractivity contribution in [3.63, 3.8) is 0 Å². The van der Waals surface area contributed by atoms with Crippen molar-refractivity contribution in [2.24, 2.45) is 0 Å². The highest BCUT2D eigenvalue weighted by Gasteiger charge is 2.36. The molecule has 0 fully saturated rings. The molecular weight excluding hydrogens is 647 g/mol. The molecule has 0 aliphatic carbocycles. The van der Waals surface area contributed by atoms with Gasteiger partial charge in [-0.3, -0.25) is 13.9 Å². The van der Waals surface area contributed by atoms with Crippen LogP contribution in [0.2, 0.25) is 5.02 Å². The van der Waals surface area contributed by atoms with E-state index in [4.69, 9.17) is 11.6 Å². The van der Waals surface area contributed by atoms with E-state index in [1.54, 1.807) is 30.3 Å². The van der Waals surface area contributed by atoms with E-state index in [0.29, 0.717) is 28.9 Å². The molecule has 41 heavy (non-hydrogen) atoms. The van der Waals surface area contributed by atoms with E-state index in [-0.39, 0.29) is 11.4 Å². The Kier molecular flexibility index (Phi) is 10.8. The summed E-state index contributed by atoms with van der Waals surface area (Å²) in [6.45, 7) is 2.80. The van der Waals surface area contributed by atoms with Gasteiger partial charge in [0.1, 0.15) is 12.6 Å². The molecule has 0 aliphatic rings. The van der Waals surface area contributed by atoms with Crippen molar-refractivity contribution in [2.45, 2.75) is 43.9 Å². The predicted octanol–water partition coefficient (Wildman–Crippen LogP) is 6.26. The molecule has 3 aromatic carbocycles. The Labute approximate surface area is 250 Å². The van der Waals surface area contributed by atoms with E-state index in [1.807, 2.05) is 6.92 Å². The van der Waals surface area contributed by atoms with Gasteiger partial charge in [-0.1, -0.05) is 64.8 Å². The summed E-state index contributed by atoms with van der Waals surface area (Å²) in [6, 6.07) is 15.6. The van der Waals surface area contributed by atoms with Gasteiger partial charge in [-0.25, -0.2) is 8.42 Å². The lowest BCUT2D eigenvalue weighted by Gasteiger charge is -2.32. The van der Waals surface area contributed by atoms with Gasteiger partial charge in [-0.05, 0) is 61.4 Å². The molecule has 7 nitrogen and oxygen atoms in total. The molecule has 0 unspecified atom stereocenters. The van der Waals surface area contributed by atoms with E-state index in [0.717, 1.165) is 16.6 Å². The van der Waals surface area contributed by atoms with Gasteiger partial charge < -0.3 is 10.2 Å². The van der Waals surface area contributed by atoms with Crippen molar-refractivity contribution in [2.75, 3.05) is 17.4 Å². The van der Waals surface area contributed by atoms with Crippen LogP contribution in [0.1, 0.15) is 31.4 Å². The summed E-state index contributed by atoms with van der Waals surface area (Å²) < 4.78 is 69.9. The average Bonchev–Trinajstić information content (AvgIpc) is 2.94. The summed E-state index contributed by atoms with van der Waals surface area (Å²) in [5.41, 5.74) is -1.01. The van der Waals surface area contributed by atoms with Crippen molar-refractivity contribution >= 4 is 55.1 Å². The van der Waals surface area contributed by atoms with Gasteiger partial charge in [-0.2, -0.15) is 13.2 Å². The molecule has 0 aliphatic heterocycles. The fraction of sp³-hybridized carbons (Fsp3) is 0.286. The molecule has 220 valence electrons. The lowest BCUT2D eigenvalue weighted by Crippen LogP contribution is -2.51. The minimum atomic E-state index is -4.88. The quantitative estimate of drug-likeness (QED) is 0.260. The van der Waals surface area contributed by atoms with Crippen molar-refractivity contribution in [1.29, 1.82) is 0 Å². The second-order valence-electron chi connectivity index (χ2n) is 9.10. The number of alkyl halides is 3. The van der Waals surface area contributed by atoms with Crippen LogP contribution in [0.4, 0.5) is 18.9 Å². The van der Waals surface area contributed by atoms with Crippen LogP contribution in [0.25, 0.3) is 0 Å². The average molecular weight is 675 g/mol. The number of nitrogens with zero attached hydrogens (tertiary/aromatic N) is 2. The summed E-state index contributed by atoms with van der Waals surface area (Å²) >= 11 is 9.12. The standard InChI is InChI=1S/C28H28BrClF3N3O4S/c1-3-15-34-27(38)19(2)35(17-20-9-11-21(29)12-10-20)26(37)18-36(41(39,40)23-7-5-4-6-8-23)22-13-14-25(30)24(16-22)28(31,32)33/h4-14,16,19H,3,15,17-18H2,1-2H3,(H,34,38)/t19-/m1/s1. The van der Waals surface area contributed by atoms with Crippen LogP contribution in [0.15, 0.2) is 82.2 Å². The van der Waals surface area contributed by atoms with Crippen LogP contribution in [0.5, 0.6) is 0 Å². The first-order valence-electron chi connectivity index (χ1n) is 12.5. The second-order valence-corrected chi connectivity index (χ2v) is 12.3. The molecule has 0 spiro atoms. The van der Waals surface area contributed by atoms with Gasteiger partial charge in [0.15, 0.2) is 0 Å². The Balaban J connectivity index is 2.09. The van der Waals surface area contributed by atoms with Gasteiger partial charge in [-0.15, -0.1) is 0 Å². The topological polar surface area (TPSA) is 86.8 Å². The number of hydrogen-bond acceptors (Lipinski definition) is 4. The Morgan fingerprint density at radius 2 is 1.66 bits per heavy atom. The van der Waals surface area contributed by atoms with Gasteiger partial charge in [0.2, 0.25) is 11.8 Å². The Morgan fingerprint density at radius 3 is 2.24 bits per heavy atom. The first-order valence-corrected chi connectivity index (χ1v) is 15.1. The van der Waals surface area contributed by atoms with Gasteiger partial charge in [0, 0.05) is 17.6 Å². The van der Waals surface area contributed by atoms with Crippen molar-refractivity contribution in [1.82, 2.24) is 10.2 Å². The zero-order chi connectivity index (χ0) is 30.4. The zero-order valence-corrected chi connectivity index (χ0v) is 25.3. The van der Waals surface area contributed by atoms with E-state index >= 15 is 0 Å². The number of anilines is 1. The molecule has 1 N–H and O–H groups in total. The predicted molar refractivity (Wildman–Crippen MR) is 155 cm³/mol. The van der Waals surface area contributed by atoms with E-state index < -0.39 is 56.9 Å². The maximum Gasteiger partial charge on any atom is 0.417 e. The molecule has 0 radical (unpaired) electrons. The van der Waals surface area contributed by atoms with Crippen molar-refractivity contribution < 1.29 is 31.2 Å². The summed E-state index contributed by atoms with van der Waals surface area (Å²) in [4.78, 5) is 27.7. The Hall–Kier alpha value is -3.09. The maximum atomic E-state index is 13.8. The van der Waals surface area contributed by atoms with E-state index in [1.165, 1.54) is 36.1 Å². The fourth-order valence-electron chi connectivity index (χ4n) is 3.90. The molecule has 3 aromatic rings. The van der Waals surface area contributed by atoms with Crippen molar-refractivity contribution in [3.8, 4) is 0 Å². The highest BCUT2D eigenvalue weighted by molar-refractivity contribution is 9.10. The fourth-order valence-corrected chi connectivity index (χ4v) is 5.82. The number of nitrogens with one attached hydrogen (secondary N) is 1. The zero-order valence-electron chi connectivity index (χ0n) is 22.2. The highest BCUT2D eigenvalue weighted by atomic mass is 79.9. The molecule has 13 heteroatoms. The van der Waals surface area contributed by atoms with Crippen LogP contribution >= 0.6 is 27.5 Å². The third-order valence-corrected chi connectivity index (χ3v) is 8.78. The number of carbonyl (C=O) groups is 2. The van der Waals surface area contributed by atoms with Gasteiger partial charge in [0.25, 0.3) is 10.0 Å². The number of rotatable bonds is 11. The number of carbonyl (C=O) groups excluding carboxylic acids is 2. The van der Waals surface area contributed by atoms with Crippen LogP contribution in [0, 0.1) is 0 Å². The molecule has 0 bridgehead atoms. The molecular formula is C28H28BrClF3N3O4S. The van der Waals surface area contributed by atoms with Gasteiger partial charge in [0.05, 0.1) is 21.2 Å². The maximum absolute atomic E-state index is 13.8. The summed E-state index contributed by atoms with van der Waals surface area (Å²) in [6.07, 6.45) is -4.22. The largest absolute Gasteiger partial charge is 0.417 e. The molecule has 0 saturated heterocycles. The van der Waals surface area contributed by atoms with Crippen molar-refractivity contribution in [3.05, 3.63) is 93.4 Å². The molecule has 1 atom stereocenters. The van der Waals surface area contributed by atoms with E-state index in [9.17, 15) is 31.2 Å². The lowest BCUT2D eigenvalue weighted by atomic mass is 10.1. The molecule has 0 aromatic heterocycles. The second kappa shape index (κ2) is 13.7. The SMILES string of the molecule is CCCNC(=O)[C@@H](C)N(Cc1ccc(Br)cc1)C(=O)CN(c1ccc(Cl)c(C(F)(F)F)c1)S(=O)(=O)c1ccccc1. The Bertz CT molecular complexity index is 1470. The van der Waals surface area contributed by atoms with Crippen LogP contribution in [-0.2, 0) is 32.3 Å². The van der Waals surface area contributed by atoms with Crippen LogP contribution in [0.3, 0.4) is 0 Å². The van der Waals surface area contributed by atoms with Crippen LogP contribution in [-0.4, -0.2) is 44.3 Å². The molecule has 3 rings (SSSR count). The lowest BCUT2D eigenvalue weighted by molar-refractivity contribution is -0.139. The molecule has 2 amide bonds. The normalized spacial score (nSPS) is 12.5. The number of hydrogen-bond donors (Lipinski definition) is 1. The smallest absolute Gasteiger partial charge is 0.354 e. The molecule has 0 saturated carbocycles. The number of benzene rings is 3. The summed E-state index contributed by atoms with van der Waals surface area (Å²) in [5, 5.41) is 2.10. The summed E-state index contributed by atoms with van der Waals surface area (Å²) in [7, 11) is -4.53. The Morgan fingerprint density at radius 1 is 1.02 bits per heavy atom. The van der Waals surface area contributed by atoms with E-state index in [2.05, 4.69) is 21.2 Å².